The normalized spacial score (nSPS) is 27.0. The zero-order valence-electron chi connectivity index (χ0n) is 3.68. The Bertz CT molecular complexity index is 85.0. The Morgan fingerprint density at radius 2 is 2.29 bits per heavy atom. The van der Waals surface area contributed by atoms with Crippen molar-refractivity contribution in [1.29, 1.82) is 0 Å². The number of halogens is 1. The van der Waals surface area contributed by atoms with Crippen LogP contribution in [0.3, 0.4) is 0 Å². The van der Waals surface area contributed by atoms with Crippen molar-refractivity contribution >= 4 is 18.3 Å². The molecule has 0 radical (unpaired) electrons. The third-order valence-corrected chi connectivity index (χ3v) is 0.833. The Hall–Kier alpha value is -0.280. The summed E-state index contributed by atoms with van der Waals surface area (Å²) in [6.07, 6.45) is 0. The molecule has 0 bridgehead atoms. The van der Waals surface area contributed by atoms with Gasteiger partial charge in [0.25, 0.3) is 0 Å². The van der Waals surface area contributed by atoms with Crippen LogP contribution in [-0.4, -0.2) is 18.5 Å². The summed E-state index contributed by atoms with van der Waals surface area (Å²) in [6.45, 7) is 0.652. The lowest BCUT2D eigenvalue weighted by Crippen LogP contribution is -2.58. The van der Waals surface area contributed by atoms with Crippen LogP contribution in [0.15, 0.2) is 0 Å². The van der Waals surface area contributed by atoms with Gasteiger partial charge in [-0.05, 0) is 0 Å². The van der Waals surface area contributed by atoms with Crippen molar-refractivity contribution in [2.24, 2.45) is 5.73 Å². The van der Waals surface area contributed by atoms with Gasteiger partial charge in [-0.1, -0.05) is 0 Å². The molecule has 1 saturated heterocycles. The summed E-state index contributed by atoms with van der Waals surface area (Å²) >= 11 is 0. The summed E-state index contributed by atoms with van der Waals surface area (Å²) < 4.78 is 0. The number of carbonyl (C=O) groups excluding carboxylic acids is 1. The molecule has 1 aliphatic heterocycles. The predicted molar refractivity (Wildman–Crippen MR) is 28.2 cm³/mol. The highest BCUT2D eigenvalue weighted by molar-refractivity contribution is 5.87. The highest BCUT2D eigenvalue weighted by Gasteiger charge is 2.21. The Labute approximate surface area is 47.7 Å². The molecule has 0 saturated carbocycles. The van der Waals surface area contributed by atoms with Crippen LogP contribution in [0, 0.1) is 0 Å². The Morgan fingerprint density at radius 1 is 1.86 bits per heavy atom. The maximum atomic E-state index is 9.99. The summed E-state index contributed by atoms with van der Waals surface area (Å²) in [7, 11) is 0. The summed E-state index contributed by atoms with van der Waals surface area (Å²) in [4.78, 5) is 9.99. The molecule has 1 heterocycles. The molecule has 0 aromatic rings. The number of hydrogen-bond acceptors (Lipinski definition) is 2. The van der Waals surface area contributed by atoms with Crippen molar-refractivity contribution in [2.45, 2.75) is 6.04 Å². The molecule has 4 heteroatoms. The highest BCUT2D eigenvalue weighted by atomic mass is 35.5. The second-order valence-electron chi connectivity index (χ2n) is 1.35. The van der Waals surface area contributed by atoms with Gasteiger partial charge in [0.2, 0.25) is 5.91 Å². The van der Waals surface area contributed by atoms with Crippen molar-refractivity contribution in [3.05, 3.63) is 0 Å². The molecule has 0 aromatic carbocycles. The number of carbonyl (C=O) groups is 1. The summed E-state index contributed by atoms with van der Waals surface area (Å²) in [5.41, 5.74) is 5.11. The smallest absolute Gasteiger partial charge is 0.238 e. The van der Waals surface area contributed by atoms with Gasteiger partial charge in [0.15, 0.2) is 0 Å². The van der Waals surface area contributed by atoms with Gasteiger partial charge in [0, 0.05) is 6.54 Å². The van der Waals surface area contributed by atoms with E-state index in [-0.39, 0.29) is 24.4 Å². The molecule has 3 N–H and O–H groups in total. The highest BCUT2D eigenvalue weighted by Crippen LogP contribution is 1.85. The number of rotatable bonds is 0. The molecule has 0 unspecified atom stereocenters. The number of β-lactam (4-membered cyclic amide) rings is 1. The standard InChI is InChI=1S/C3H6N2O.ClH/c4-2-1-5-3(2)6;/h2H,1,4H2,(H,5,6);1H/t2-;/m1./s1. The molecule has 1 amide bonds. The average molecular weight is 123 g/mol. The first-order chi connectivity index (χ1) is 2.80. The van der Waals surface area contributed by atoms with Crippen molar-refractivity contribution in [3.63, 3.8) is 0 Å². The third-order valence-electron chi connectivity index (χ3n) is 0.833. The molecular weight excluding hydrogens is 115 g/mol. The second-order valence-corrected chi connectivity index (χ2v) is 1.35. The van der Waals surface area contributed by atoms with E-state index in [1.807, 2.05) is 0 Å². The summed E-state index contributed by atoms with van der Waals surface area (Å²) in [5, 5.41) is 2.49. The van der Waals surface area contributed by atoms with E-state index in [2.05, 4.69) is 5.32 Å². The van der Waals surface area contributed by atoms with Crippen molar-refractivity contribution in [1.82, 2.24) is 5.32 Å². The van der Waals surface area contributed by atoms with Gasteiger partial charge in [-0.2, -0.15) is 0 Å². The molecule has 0 aromatic heterocycles. The minimum atomic E-state index is -0.218. The molecule has 0 spiro atoms. The van der Waals surface area contributed by atoms with Crippen molar-refractivity contribution in [2.75, 3.05) is 6.54 Å². The SMILES string of the molecule is Cl.N[C@@H]1CNC1=O. The van der Waals surface area contributed by atoms with Crippen molar-refractivity contribution < 1.29 is 4.79 Å². The van der Waals surface area contributed by atoms with Crippen molar-refractivity contribution in [3.8, 4) is 0 Å². The monoisotopic (exact) mass is 122 g/mol. The lowest BCUT2D eigenvalue weighted by Gasteiger charge is -2.20. The maximum absolute atomic E-state index is 9.99. The van der Waals surface area contributed by atoms with E-state index < -0.39 is 0 Å². The molecule has 3 nitrogen and oxygen atoms in total. The topological polar surface area (TPSA) is 55.1 Å². The summed E-state index contributed by atoms with van der Waals surface area (Å²) in [6, 6.07) is -0.218. The Kier molecular flexibility index (Phi) is 2.05. The molecule has 1 rings (SSSR count). The van der Waals surface area contributed by atoms with E-state index in [1.165, 1.54) is 0 Å². The van der Waals surface area contributed by atoms with Gasteiger partial charge >= 0.3 is 0 Å². The number of amides is 1. The van der Waals surface area contributed by atoms with Crippen LogP contribution in [0.4, 0.5) is 0 Å². The first-order valence-corrected chi connectivity index (χ1v) is 1.84. The molecule has 7 heavy (non-hydrogen) atoms. The van der Waals surface area contributed by atoms with Gasteiger partial charge in [-0.15, -0.1) is 12.4 Å². The molecule has 42 valence electrons. The zero-order chi connectivity index (χ0) is 4.57. The minimum Gasteiger partial charge on any atom is -0.353 e. The van der Waals surface area contributed by atoms with E-state index in [0.717, 1.165) is 0 Å². The second kappa shape index (κ2) is 2.14. The van der Waals surface area contributed by atoms with Crippen LogP contribution in [0.5, 0.6) is 0 Å². The lowest BCUT2D eigenvalue weighted by atomic mass is 10.2. The fourth-order valence-electron chi connectivity index (χ4n) is 0.303. The third kappa shape index (κ3) is 1.04. The van der Waals surface area contributed by atoms with E-state index in [4.69, 9.17) is 5.73 Å². The van der Waals surface area contributed by atoms with E-state index >= 15 is 0 Å². The molecule has 1 aliphatic rings. The van der Waals surface area contributed by atoms with Crippen LogP contribution in [0.2, 0.25) is 0 Å². The molecule has 1 atom stereocenters. The first-order valence-electron chi connectivity index (χ1n) is 1.84. The first kappa shape index (κ1) is 6.72. The largest absolute Gasteiger partial charge is 0.353 e. The van der Waals surface area contributed by atoms with E-state index in [1.54, 1.807) is 0 Å². The van der Waals surface area contributed by atoms with Crippen LogP contribution in [-0.2, 0) is 4.79 Å². The predicted octanol–water partition coefficient (Wildman–Crippen LogP) is -1.13. The lowest BCUT2D eigenvalue weighted by molar-refractivity contribution is -0.127. The van der Waals surface area contributed by atoms with Crippen LogP contribution in [0.1, 0.15) is 0 Å². The van der Waals surface area contributed by atoms with E-state index in [9.17, 15) is 4.79 Å². The Balaban J connectivity index is 0.000000360. The van der Waals surface area contributed by atoms with Gasteiger partial charge in [-0.3, -0.25) is 4.79 Å². The number of nitrogens with two attached hydrogens (primary N) is 1. The van der Waals surface area contributed by atoms with Gasteiger partial charge in [0.05, 0.1) is 0 Å². The van der Waals surface area contributed by atoms with E-state index in [0.29, 0.717) is 6.54 Å². The van der Waals surface area contributed by atoms with Gasteiger partial charge in [-0.25, -0.2) is 0 Å². The summed E-state index contributed by atoms with van der Waals surface area (Å²) in [5.74, 6) is -0.0324. The average Bonchev–Trinajstić information content (AvgIpc) is 1.61. The number of hydrogen-bond donors (Lipinski definition) is 2. The fraction of sp³-hybridized carbons (Fsp3) is 0.667. The molecule has 0 aliphatic carbocycles. The molecular formula is C3H7ClN2O. The zero-order valence-corrected chi connectivity index (χ0v) is 4.49. The van der Waals surface area contributed by atoms with Gasteiger partial charge < -0.3 is 11.1 Å². The Morgan fingerprint density at radius 3 is 2.29 bits per heavy atom. The van der Waals surface area contributed by atoms with Crippen LogP contribution in [0.25, 0.3) is 0 Å². The van der Waals surface area contributed by atoms with Gasteiger partial charge in [0.1, 0.15) is 6.04 Å². The minimum absolute atomic E-state index is 0. The fourth-order valence-corrected chi connectivity index (χ4v) is 0.303. The van der Waals surface area contributed by atoms with Crippen LogP contribution < -0.4 is 11.1 Å². The molecule has 1 fully saturated rings. The van der Waals surface area contributed by atoms with Crippen LogP contribution >= 0.6 is 12.4 Å². The maximum Gasteiger partial charge on any atom is 0.238 e. The number of nitrogens with one attached hydrogen (secondary N) is 1. The quantitative estimate of drug-likeness (QED) is 0.400.